The lowest BCUT2D eigenvalue weighted by Crippen LogP contribution is -2.47. The summed E-state index contributed by atoms with van der Waals surface area (Å²) in [7, 11) is -3.42. The number of carbonyl (C=O) groups is 1. The number of fused-ring (bicyclic) bond motifs is 3. The van der Waals surface area contributed by atoms with Crippen LogP contribution >= 0.6 is 0 Å². The van der Waals surface area contributed by atoms with Crippen LogP contribution in [0.25, 0.3) is 11.1 Å². The van der Waals surface area contributed by atoms with Gasteiger partial charge in [0, 0.05) is 23.7 Å². The van der Waals surface area contributed by atoms with Gasteiger partial charge in [0.15, 0.2) is 0 Å². The molecule has 4 atom stereocenters. The molecule has 0 aliphatic carbocycles. The Kier molecular flexibility index (Phi) is 7.19. The molecule has 3 aromatic carbocycles. The van der Waals surface area contributed by atoms with Crippen molar-refractivity contribution in [3.8, 4) is 16.9 Å². The van der Waals surface area contributed by atoms with Gasteiger partial charge in [-0.3, -0.25) is 9.52 Å². The van der Waals surface area contributed by atoms with E-state index >= 15 is 0 Å². The molecule has 0 aromatic heterocycles. The Morgan fingerprint density at radius 3 is 2.46 bits per heavy atom. The van der Waals surface area contributed by atoms with Gasteiger partial charge in [0.2, 0.25) is 15.9 Å². The monoisotopic (exact) mass is 522 g/mol. The zero-order chi connectivity index (χ0) is 26.0. The molecule has 2 heterocycles. The fraction of sp³-hybridized carbons (Fsp3) is 0.321. The second-order valence-electron chi connectivity index (χ2n) is 9.57. The van der Waals surface area contributed by atoms with Crippen molar-refractivity contribution in [3.05, 3.63) is 83.9 Å². The Morgan fingerprint density at radius 1 is 1.03 bits per heavy atom. The van der Waals surface area contributed by atoms with E-state index in [-0.39, 0.29) is 24.9 Å². The largest absolute Gasteiger partial charge is 0.487 e. The van der Waals surface area contributed by atoms with Crippen LogP contribution in [-0.4, -0.2) is 50.6 Å². The first-order valence-electron chi connectivity index (χ1n) is 12.2. The molecule has 0 radical (unpaired) electrons. The number of nitrogens with one attached hydrogen (secondary N) is 2. The van der Waals surface area contributed by atoms with Crippen LogP contribution in [0.3, 0.4) is 0 Å². The third kappa shape index (κ3) is 5.95. The van der Waals surface area contributed by atoms with Crippen molar-refractivity contribution in [2.45, 2.75) is 43.6 Å². The summed E-state index contributed by atoms with van der Waals surface area (Å²) in [4.78, 5) is 12.8. The Labute approximate surface area is 216 Å². The molecule has 0 spiro atoms. The average molecular weight is 523 g/mol. The van der Waals surface area contributed by atoms with Crippen LogP contribution in [0.1, 0.15) is 29.9 Å². The van der Waals surface area contributed by atoms with E-state index in [0.29, 0.717) is 24.4 Å². The summed E-state index contributed by atoms with van der Waals surface area (Å²) < 4.78 is 37.9. The number of anilines is 1. The highest BCUT2D eigenvalue weighted by Gasteiger charge is 2.46. The second kappa shape index (κ2) is 10.5. The van der Waals surface area contributed by atoms with Gasteiger partial charge in [-0.25, -0.2) is 8.42 Å². The number of benzene rings is 3. The molecule has 9 heteroatoms. The van der Waals surface area contributed by atoms with Crippen LogP contribution in [0, 0.1) is 0 Å². The van der Waals surface area contributed by atoms with Crippen molar-refractivity contribution in [1.29, 1.82) is 0 Å². The minimum Gasteiger partial charge on any atom is -0.487 e. The molecule has 37 heavy (non-hydrogen) atoms. The van der Waals surface area contributed by atoms with Crippen molar-refractivity contribution >= 4 is 21.6 Å². The number of hydrogen-bond acceptors (Lipinski definition) is 6. The highest BCUT2D eigenvalue weighted by molar-refractivity contribution is 7.92. The fourth-order valence-electron chi connectivity index (χ4n) is 5.09. The molecule has 0 unspecified atom stereocenters. The predicted octanol–water partition coefficient (Wildman–Crippen LogP) is 3.43. The quantitative estimate of drug-likeness (QED) is 0.418. The van der Waals surface area contributed by atoms with Crippen molar-refractivity contribution in [2.24, 2.45) is 0 Å². The highest BCUT2D eigenvalue weighted by atomic mass is 32.2. The summed E-state index contributed by atoms with van der Waals surface area (Å²) in [5, 5.41) is 12.9. The molecule has 3 N–H and O–H groups in total. The molecule has 1 amide bonds. The lowest BCUT2D eigenvalue weighted by Gasteiger charge is -2.37. The standard InChI is InChI=1S/C28H30N2O6S/c1-37(33,34)30-21-11-12-25-23(13-21)24-14-22(35-26(17-31)28(24)36-25)15-27(32)29-16-18-7-9-20(10-8-18)19-5-3-2-4-6-19/h2-13,22,24,26,28,30-31H,14-17H2,1H3,(H,29,32)/t22-,24+,26+,28-/m1/s1. The minimum atomic E-state index is -3.42. The average Bonchev–Trinajstić information content (AvgIpc) is 3.25. The van der Waals surface area contributed by atoms with Gasteiger partial charge >= 0.3 is 0 Å². The first-order chi connectivity index (χ1) is 17.8. The van der Waals surface area contributed by atoms with E-state index in [1.54, 1.807) is 18.2 Å². The van der Waals surface area contributed by atoms with Gasteiger partial charge in [0.05, 0.1) is 25.4 Å². The number of ether oxygens (including phenoxy) is 2. The van der Waals surface area contributed by atoms with Crippen LogP contribution in [0.5, 0.6) is 5.75 Å². The van der Waals surface area contributed by atoms with Crippen LogP contribution in [-0.2, 0) is 26.1 Å². The van der Waals surface area contributed by atoms with E-state index in [4.69, 9.17) is 9.47 Å². The van der Waals surface area contributed by atoms with Crippen molar-refractivity contribution in [1.82, 2.24) is 5.32 Å². The van der Waals surface area contributed by atoms with E-state index in [9.17, 15) is 18.3 Å². The van der Waals surface area contributed by atoms with Gasteiger partial charge in [0.25, 0.3) is 0 Å². The van der Waals surface area contributed by atoms with Gasteiger partial charge in [-0.1, -0.05) is 54.6 Å². The third-order valence-electron chi connectivity index (χ3n) is 6.77. The van der Waals surface area contributed by atoms with Gasteiger partial charge in [0.1, 0.15) is 18.0 Å². The summed E-state index contributed by atoms with van der Waals surface area (Å²) in [6, 6.07) is 23.3. The Hall–Kier alpha value is -3.40. The summed E-state index contributed by atoms with van der Waals surface area (Å²) in [6.45, 7) is 0.165. The number of aliphatic hydroxyl groups excluding tert-OH is 1. The Morgan fingerprint density at radius 2 is 1.76 bits per heavy atom. The molecule has 2 aliphatic heterocycles. The summed E-state index contributed by atoms with van der Waals surface area (Å²) in [5.74, 6) is 0.379. The lowest BCUT2D eigenvalue weighted by atomic mass is 9.84. The molecule has 8 nitrogen and oxygen atoms in total. The summed E-state index contributed by atoms with van der Waals surface area (Å²) in [6.07, 6.45) is 0.396. The van der Waals surface area contributed by atoms with Crippen molar-refractivity contribution in [3.63, 3.8) is 0 Å². The molecule has 0 bridgehead atoms. The number of carbonyl (C=O) groups excluding carboxylic acids is 1. The van der Waals surface area contributed by atoms with Gasteiger partial charge in [-0.15, -0.1) is 0 Å². The maximum absolute atomic E-state index is 12.8. The molecular formula is C28H30N2O6S. The molecule has 0 saturated carbocycles. The van der Waals surface area contributed by atoms with E-state index in [1.165, 1.54) is 0 Å². The van der Waals surface area contributed by atoms with Crippen molar-refractivity contribution in [2.75, 3.05) is 17.6 Å². The first kappa shape index (κ1) is 25.3. The van der Waals surface area contributed by atoms with E-state index in [1.807, 2.05) is 42.5 Å². The van der Waals surface area contributed by atoms with E-state index < -0.39 is 28.3 Å². The number of rotatable bonds is 8. The molecule has 2 aliphatic rings. The van der Waals surface area contributed by atoms with E-state index in [0.717, 1.165) is 28.5 Å². The normalized spacial score (nSPS) is 22.4. The fourth-order valence-corrected chi connectivity index (χ4v) is 5.65. The maximum atomic E-state index is 12.8. The molecule has 5 rings (SSSR count). The molecule has 3 aromatic rings. The van der Waals surface area contributed by atoms with Gasteiger partial charge < -0.3 is 19.9 Å². The molecular weight excluding hydrogens is 492 g/mol. The summed E-state index contributed by atoms with van der Waals surface area (Å²) in [5.41, 5.74) is 4.55. The highest BCUT2D eigenvalue weighted by Crippen LogP contribution is 2.47. The van der Waals surface area contributed by atoms with Crippen LogP contribution in [0.2, 0.25) is 0 Å². The Balaban J connectivity index is 1.21. The second-order valence-corrected chi connectivity index (χ2v) is 11.3. The Bertz CT molecular complexity index is 1360. The maximum Gasteiger partial charge on any atom is 0.229 e. The third-order valence-corrected chi connectivity index (χ3v) is 7.37. The van der Waals surface area contributed by atoms with Crippen molar-refractivity contribution < 1.29 is 27.8 Å². The predicted molar refractivity (Wildman–Crippen MR) is 141 cm³/mol. The number of hydrogen-bond donors (Lipinski definition) is 3. The van der Waals surface area contributed by atoms with Gasteiger partial charge in [-0.05, 0) is 41.3 Å². The molecule has 1 fully saturated rings. The number of amides is 1. The van der Waals surface area contributed by atoms with Crippen LogP contribution in [0.15, 0.2) is 72.8 Å². The molecule has 1 saturated heterocycles. The van der Waals surface area contributed by atoms with Crippen LogP contribution in [0.4, 0.5) is 5.69 Å². The van der Waals surface area contributed by atoms with Gasteiger partial charge in [-0.2, -0.15) is 0 Å². The first-order valence-corrected chi connectivity index (χ1v) is 14.1. The summed E-state index contributed by atoms with van der Waals surface area (Å²) >= 11 is 0. The number of sulfonamides is 1. The zero-order valence-electron chi connectivity index (χ0n) is 20.5. The SMILES string of the molecule is CS(=O)(=O)Nc1ccc2c(c1)[C@@H]1C[C@H](CC(=O)NCc3ccc(-c4ccccc4)cc3)O[C@@H](CO)[C@@H]1O2. The lowest BCUT2D eigenvalue weighted by molar-refractivity contribution is -0.142. The minimum absolute atomic E-state index is 0.120. The zero-order valence-corrected chi connectivity index (χ0v) is 21.3. The topological polar surface area (TPSA) is 114 Å². The number of aliphatic hydroxyl groups is 1. The molecule has 194 valence electrons. The van der Waals surface area contributed by atoms with E-state index in [2.05, 4.69) is 22.2 Å². The van der Waals surface area contributed by atoms with Crippen LogP contribution < -0.4 is 14.8 Å². The smallest absolute Gasteiger partial charge is 0.229 e.